The molecule has 4 heteroatoms. The molecule has 0 spiro atoms. The molecular weight excluding hydrogens is 272 g/mol. The fourth-order valence-corrected chi connectivity index (χ4v) is 3.04. The second kappa shape index (κ2) is 4.98. The number of nitrogens with zero attached hydrogens (tertiary/aromatic N) is 3. The summed E-state index contributed by atoms with van der Waals surface area (Å²) in [6.45, 7) is 4.42. The van der Waals surface area contributed by atoms with Gasteiger partial charge in [-0.25, -0.2) is 4.98 Å². The topological polar surface area (TPSA) is 46.5 Å². The molecule has 0 radical (unpaired) electrons. The Morgan fingerprint density at radius 3 is 2.77 bits per heavy atom. The predicted molar refractivity (Wildman–Crippen MR) is 89.3 cm³/mol. The van der Waals surface area contributed by atoms with E-state index < -0.39 is 0 Å². The number of aromatic amines is 1. The summed E-state index contributed by atoms with van der Waals surface area (Å²) in [4.78, 5) is 4.57. The molecule has 4 aromatic rings. The van der Waals surface area contributed by atoms with Crippen molar-refractivity contribution in [2.45, 2.75) is 20.3 Å². The van der Waals surface area contributed by atoms with Crippen LogP contribution in [-0.4, -0.2) is 19.7 Å². The minimum Gasteiger partial charge on any atom is -0.280 e. The number of para-hydroxylation sites is 1. The number of fused-ring (bicyclic) bond motifs is 3. The summed E-state index contributed by atoms with van der Waals surface area (Å²) in [5.41, 5.74) is 3.25. The lowest BCUT2D eigenvalue weighted by molar-refractivity contribution is 0.633. The van der Waals surface area contributed by atoms with Crippen molar-refractivity contribution in [1.29, 1.82) is 0 Å². The van der Waals surface area contributed by atoms with Gasteiger partial charge in [0, 0.05) is 28.7 Å². The maximum absolute atomic E-state index is 4.57. The lowest BCUT2D eigenvalue weighted by atomic mass is 10.1. The standard InChI is InChI=1S/C18H18N4/c1-12(2)10-13-11-17(21-20-13)22-16-8-4-3-6-14(16)15-7-5-9-19-18(15)22/h3-9,11-12H,10H2,1-2H3,(H,20,21). The summed E-state index contributed by atoms with van der Waals surface area (Å²) in [6, 6.07) is 14.6. The Balaban J connectivity index is 1.98. The van der Waals surface area contributed by atoms with Gasteiger partial charge in [0.2, 0.25) is 0 Å². The quantitative estimate of drug-likeness (QED) is 0.617. The van der Waals surface area contributed by atoms with Gasteiger partial charge in [0.15, 0.2) is 5.82 Å². The van der Waals surface area contributed by atoms with Crippen LogP contribution in [-0.2, 0) is 6.42 Å². The van der Waals surface area contributed by atoms with Crippen molar-refractivity contribution < 1.29 is 0 Å². The number of benzene rings is 1. The Labute approximate surface area is 128 Å². The SMILES string of the molecule is CC(C)Cc1cc(-n2c3ccccc3c3cccnc32)n[nH]1. The maximum Gasteiger partial charge on any atom is 0.160 e. The molecule has 0 saturated heterocycles. The minimum atomic E-state index is 0.601. The van der Waals surface area contributed by atoms with E-state index in [1.807, 2.05) is 12.3 Å². The van der Waals surface area contributed by atoms with Gasteiger partial charge < -0.3 is 0 Å². The van der Waals surface area contributed by atoms with Crippen molar-refractivity contribution in [2.75, 3.05) is 0 Å². The van der Waals surface area contributed by atoms with Crippen LogP contribution in [0.4, 0.5) is 0 Å². The molecule has 4 nitrogen and oxygen atoms in total. The Hall–Kier alpha value is -2.62. The smallest absolute Gasteiger partial charge is 0.160 e. The Bertz CT molecular complexity index is 893. The minimum absolute atomic E-state index is 0.601. The van der Waals surface area contributed by atoms with E-state index in [0.717, 1.165) is 34.5 Å². The largest absolute Gasteiger partial charge is 0.280 e. The van der Waals surface area contributed by atoms with E-state index >= 15 is 0 Å². The molecule has 4 rings (SSSR count). The molecule has 1 N–H and O–H groups in total. The van der Waals surface area contributed by atoms with E-state index in [-0.39, 0.29) is 0 Å². The lowest BCUT2D eigenvalue weighted by Crippen LogP contribution is -1.95. The van der Waals surface area contributed by atoms with Gasteiger partial charge in [0.1, 0.15) is 5.65 Å². The summed E-state index contributed by atoms with van der Waals surface area (Å²) in [6.07, 6.45) is 2.83. The third-order valence-electron chi connectivity index (χ3n) is 3.91. The monoisotopic (exact) mass is 290 g/mol. The number of hydrogen-bond donors (Lipinski definition) is 1. The molecule has 0 aliphatic heterocycles. The first-order chi connectivity index (χ1) is 10.7. The van der Waals surface area contributed by atoms with Crippen LogP contribution < -0.4 is 0 Å². The Morgan fingerprint density at radius 1 is 1.09 bits per heavy atom. The van der Waals surface area contributed by atoms with Gasteiger partial charge in [-0.2, -0.15) is 5.10 Å². The van der Waals surface area contributed by atoms with Crippen molar-refractivity contribution in [3.05, 3.63) is 54.4 Å². The fraction of sp³-hybridized carbons (Fsp3) is 0.222. The molecular formula is C18H18N4. The lowest BCUT2D eigenvalue weighted by Gasteiger charge is -2.02. The van der Waals surface area contributed by atoms with Crippen LogP contribution in [0.25, 0.3) is 27.8 Å². The van der Waals surface area contributed by atoms with Crippen LogP contribution in [0.5, 0.6) is 0 Å². The van der Waals surface area contributed by atoms with E-state index in [1.165, 1.54) is 5.39 Å². The van der Waals surface area contributed by atoms with Gasteiger partial charge in [-0.3, -0.25) is 9.67 Å². The first-order valence-corrected chi connectivity index (χ1v) is 7.63. The maximum atomic E-state index is 4.57. The van der Waals surface area contributed by atoms with E-state index in [4.69, 9.17) is 0 Å². The molecule has 1 aromatic carbocycles. The summed E-state index contributed by atoms with van der Waals surface area (Å²) in [7, 11) is 0. The second-order valence-corrected chi connectivity index (χ2v) is 6.08. The van der Waals surface area contributed by atoms with Gasteiger partial charge in [-0.15, -0.1) is 0 Å². The van der Waals surface area contributed by atoms with E-state index in [1.54, 1.807) is 0 Å². The summed E-state index contributed by atoms with van der Waals surface area (Å²) in [5, 5.41) is 10.0. The summed E-state index contributed by atoms with van der Waals surface area (Å²) in [5.74, 6) is 1.50. The molecule has 0 amide bonds. The number of aromatic nitrogens is 4. The zero-order chi connectivity index (χ0) is 15.1. The zero-order valence-corrected chi connectivity index (χ0v) is 12.7. The van der Waals surface area contributed by atoms with Crippen molar-refractivity contribution in [3.63, 3.8) is 0 Å². The number of rotatable bonds is 3. The highest BCUT2D eigenvalue weighted by atomic mass is 15.2. The van der Waals surface area contributed by atoms with Crippen molar-refractivity contribution in [3.8, 4) is 5.82 Å². The van der Waals surface area contributed by atoms with Crippen LogP contribution in [0.3, 0.4) is 0 Å². The van der Waals surface area contributed by atoms with Crippen LogP contribution in [0.2, 0.25) is 0 Å². The molecule has 22 heavy (non-hydrogen) atoms. The van der Waals surface area contributed by atoms with Crippen molar-refractivity contribution in [1.82, 2.24) is 19.7 Å². The molecule has 0 unspecified atom stereocenters. The van der Waals surface area contributed by atoms with Gasteiger partial charge in [0.05, 0.1) is 5.52 Å². The molecule has 0 fully saturated rings. The molecule has 0 aliphatic carbocycles. The van der Waals surface area contributed by atoms with Crippen LogP contribution in [0.1, 0.15) is 19.5 Å². The van der Waals surface area contributed by atoms with Crippen molar-refractivity contribution >= 4 is 21.9 Å². The summed E-state index contributed by atoms with van der Waals surface area (Å²) < 4.78 is 2.13. The average Bonchev–Trinajstić information content (AvgIpc) is 3.08. The van der Waals surface area contributed by atoms with E-state index in [2.05, 4.69) is 70.0 Å². The highest BCUT2D eigenvalue weighted by molar-refractivity contribution is 6.07. The van der Waals surface area contributed by atoms with Crippen LogP contribution >= 0.6 is 0 Å². The van der Waals surface area contributed by atoms with Crippen LogP contribution in [0, 0.1) is 5.92 Å². The molecule has 0 aliphatic rings. The highest BCUT2D eigenvalue weighted by Gasteiger charge is 2.14. The molecule has 0 atom stereocenters. The Morgan fingerprint density at radius 2 is 1.91 bits per heavy atom. The van der Waals surface area contributed by atoms with Gasteiger partial charge in [-0.05, 0) is 30.5 Å². The molecule has 0 saturated carbocycles. The predicted octanol–water partition coefficient (Wildman–Crippen LogP) is 4.10. The Kier molecular flexibility index (Phi) is 2.96. The van der Waals surface area contributed by atoms with Crippen molar-refractivity contribution in [2.24, 2.45) is 5.92 Å². The molecule has 3 aromatic heterocycles. The molecule has 3 heterocycles. The number of pyridine rings is 1. The van der Waals surface area contributed by atoms with E-state index in [0.29, 0.717) is 5.92 Å². The third kappa shape index (κ3) is 1.99. The first kappa shape index (κ1) is 13.1. The molecule has 0 bridgehead atoms. The van der Waals surface area contributed by atoms with Gasteiger partial charge in [-0.1, -0.05) is 32.0 Å². The molecule has 110 valence electrons. The fourth-order valence-electron chi connectivity index (χ4n) is 3.04. The number of hydrogen-bond acceptors (Lipinski definition) is 2. The summed E-state index contributed by atoms with van der Waals surface area (Å²) >= 11 is 0. The number of nitrogens with one attached hydrogen (secondary N) is 1. The first-order valence-electron chi connectivity index (χ1n) is 7.63. The second-order valence-electron chi connectivity index (χ2n) is 6.08. The van der Waals surface area contributed by atoms with Crippen LogP contribution in [0.15, 0.2) is 48.7 Å². The van der Waals surface area contributed by atoms with E-state index in [9.17, 15) is 0 Å². The average molecular weight is 290 g/mol. The highest BCUT2D eigenvalue weighted by Crippen LogP contribution is 2.29. The zero-order valence-electron chi connectivity index (χ0n) is 12.7. The van der Waals surface area contributed by atoms with Gasteiger partial charge >= 0.3 is 0 Å². The van der Waals surface area contributed by atoms with Gasteiger partial charge in [0.25, 0.3) is 0 Å². The number of H-pyrrole nitrogens is 1. The third-order valence-corrected chi connectivity index (χ3v) is 3.91. The normalized spacial score (nSPS) is 11.8.